The Morgan fingerprint density at radius 2 is 1.71 bits per heavy atom. The van der Waals surface area contributed by atoms with E-state index in [1.807, 2.05) is 54.6 Å². The minimum atomic E-state index is -0.368. The number of hydrogen-bond acceptors (Lipinski definition) is 5. The van der Waals surface area contributed by atoms with Crippen molar-refractivity contribution in [2.24, 2.45) is 0 Å². The highest BCUT2D eigenvalue weighted by Gasteiger charge is 2.15. The van der Waals surface area contributed by atoms with E-state index >= 15 is 0 Å². The molecule has 4 rings (SSSR count). The number of rotatable bonds is 5. The first-order chi connectivity index (χ1) is 13.6. The molecule has 1 N–H and O–H groups in total. The van der Waals surface area contributed by atoms with Crippen molar-refractivity contribution in [2.75, 3.05) is 5.32 Å². The Hall–Kier alpha value is -3.18. The second-order valence-electron chi connectivity index (χ2n) is 6.57. The van der Waals surface area contributed by atoms with Crippen LogP contribution in [0.2, 0.25) is 0 Å². The van der Waals surface area contributed by atoms with Crippen molar-refractivity contribution in [3.8, 4) is 0 Å². The average Bonchev–Trinajstić information content (AvgIpc) is 3.13. The third-order valence-electron chi connectivity index (χ3n) is 4.69. The van der Waals surface area contributed by atoms with Crippen LogP contribution >= 0.6 is 11.3 Å². The lowest BCUT2D eigenvalue weighted by Gasteiger charge is -2.14. The number of carbonyl (C=O) groups excluding carboxylic acids is 1. The smallest absolute Gasteiger partial charge is 0.340 e. The predicted molar refractivity (Wildman–Crippen MR) is 114 cm³/mol. The molecule has 0 aliphatic carbocycles. The van der Waals surface area contributed by atoms with Gasteiger partial charge in [-0.15, -0.1) is 11.3 Å². The maximum absolute atomic E-state index is 12.7. The maximum Gasteiger partial charge on any atom is 0.340 e. The summed E-state index contributed by atoms with van der Waals surface area (Å²) in [6.45, 7) is 4.29. The van der Waals surface area contributed by atoms with E-state index in [4.69, 9.17) is 4.74 Å². The van der Waals surface area contributed by atoms with Gasteiger partial charge in [-0.1, -0.05) is 36.4 Å². The molecule has 0 amide bonds. The first-order valence-electron chi connectivity index (χ1n) is 9.05. The van der Waals surface area contributed by atoms with Gasteiger partial charge >= 0.3 is 5.97 Å². The van der Waals surface area contributed by atoms with Gasteiger partial charge in [-0.2, -0.15) is 0 Å². The Balaban J connectivity index is 1.52. The van der Waals surface area contributed by atoms with Crippen LogP contribution in [0.5, 0.6) is 0 Å². The van der Waals surface area contributed by atoms with Gasteiger partial charge < -0.3 is 10.1 Å². The predicted octanol–water partition coefficient (Wildman–Crippen LogP) is 6.01. The van der Waals surface area contributed by atoms with Crippen LogP contribution in [0.4, 0.5) is 11.4 Å². The number of nitrogens with zero attached hydrogens (tertiary/aromatic N) is 1. The van der Waals surface area contributed by atoms with Crippen molar-refractivity contribution in [3.63, 3.8) is 0 Å². The van der Waals surface area contributed by atoms with Crippen LogP contribution in [0.1, 0.15) is 26.5 Å². The van der Waals surface area contributed by atoms with Crippen LogP contribution in [0, 0.1) is 13.8 Å². The molecule has 0 bridgehead atoms. The summed E-state index contributed by atoms with van der Waals surface area (Å²) in [4.78, 5) is 17.2. The molecule has 0 saturated carbocycles. The Morgan fingerprint density at radius 1 is 0.964 bits per heavy atom. The second-order valence-corrected chi connectivity index (χ2v) is 7.68. The fraction of sp³-hybridized carbons (Fsp3) is 0.130. The summed E-state index contributed by atoms with van der Waals surface area (Å²) in [5.41, 5.74) is 5.48. The topological polar surface area (TPSA) is 51.2 Å². The molecule has 3 aromatic carbocycles. The van der Waals surface area contributed by atoms with Crippen LogP contribution in [-0.4, -0.2) is 11.0 Å². The van der Waals surface area contributed by atoms with Gasteiger partial charge in [-0.25, -0.2) is 9.78 Å². The number of carbonyl (C=O) groups is 1. The van der Waals surface area contributed by atoms with Crippen LogP contribution in [0.25, 0.3) is 10.2 Å². The number of esters is 1. The van der Waals surface area contributed by atoms with Crippen molar-refractivity contribution in [2.45, 2.75) is 20.5 Å². The van der Waals surface area contributed by atoms with Gasteiger partial charge in [0.2, 0.25) is 0 Å². The summed E-state index contributed by atoms with van der Waals surface area (Å²) in [7, 11) is 0. The molecule has 0 aliphatic rings. The van der Waals surface area contributed by atoms with Gasteiger partial charge in [0.05, 0.1) is 21.5 Å². The number of hydrogen-bond donors (Lipinski definition) is 1. The summed E-state index contributed by atoms with van der Waals surface area (Å²) in [6.07, 6.45) is 0. The molecule has 0 unspecified atom stereocenters. The summed E-state index contributed by atoms with van der Waals surface area (Å²) in [6, 6.07) is 21.4. The Morgan fingerprint density at radius 3 is 2.57 bits per heavy atom. The number of nitrogens with one attached hydrogen (secondary N) is 1. The highest BCUT2D eigenvalue weighted by Crippen LogP contribution is 2.27. The van der Waals surface area contributed by atoms with E-state index in [0.29, 0.717) is 5.56 Å². The first-order valence-corrected chi connectivity index (χ1v) is 9.87. The fourth-order valence-corrected chi connectivity index (χ4v) is 3.87. The average molecular weight is 388 g/mol. The number of benzene rings is 3. The monoisotopic (exact) mass is 388 g/mol. The molecule has 0 radical (unpaired) electrons. The highest BCUT2D eigenvalue weighted by molar-refractivity contribution is 7.18. The van der Waals surface area contributed by atoms with Crippen molar-refractivity contribution < 1.29 is 9.53 Å². The Bertz CT molecular complexity index is 1120. The van der Waals surface area contributed by atoms with Gasteiger partial charge in [0.1, 0.15) is 11.6 Å². The summed E-state index contributed by atoms with van der Waals surface area (Å²) < 4.78 is 6.63. The quantitative estimate of drug-likeness (QED) is 0.425. The third kappa shape index (κ3) is 3.75. The molecule has 28 heavy (non-hydrogen) atoms. The molecule has 4 nitrogen and oxygen atoms in total. The van der Waals surface area contributed by atoms with Crippen molar-refractivity contribution in [1.82, 2.24) is 4.98 Å². The van der Waals surface area contributed by atoms with Crippen molar-refractivity contribution in [3.05, 3.63) is 88.4 Å². The molecule has 4 aromatic rings. The molecule has 0 fully saturated rings. The van der Waals surface area contributed by atoms with Gasteiger partial charge in [0, 0.05) is 5.69 Å². The SMILES string of the molecule is Cc1cccc(Nc2ccccc2C(=O)OCc2nc3ccccc3s2)c1C. The molecule has 0 atom stereocenters. The van der Waals surface area contributed by atoms with Crippen LogP contribution in [-0.2, 0) is 11.3 Å². The third-order valence-corrected chi connectivity index (χ3v) is 5.70. The van der Waals surface area contributed by atoms with E-state index in [1.165, 1.54) is 5.56 Å². The van der Waals surface area contributed by atoms with Gasteiger partial charge in [-0.05, 0) is 55.3 Å². The molecule has 140 valence electrons. The summed E-state index contributed by atoms with van der Waals surface area (Å²) in [5, 5.41) is 4.15. The maximum atomic E-state index is 12.7. The van der Waals surface area contributed by atoms with Crippen LogP contribution in [0.15, 0.2) is 66.7 Å². The Kier molecular flexibility index (Phi) is 5.08. The van der Waals surface area contributed by atoms with E-state index in [2.05, 4.69) is 30.2 Å². The minimum absolute atomic E-state index is 0.163. The van der Waals surface area contributed by atoms with E-state index in [0.717, 1.165) is 32.2 Å². The van der Waals surface area contributed by atoms with Crippen molar-refractivity contribution >= 4 is 38.9 Å². The lowest BCUT2D eigenvalue weighted by Crippen LogP contribution is -2.08. The summed E-state index contributed by atoms with van der Waals surface area (Å²) in [5.74, 6) is -0.368. The van der Waals surface area contributed by atoms with Crippen molar-refractivity contribution in [1.29, 1.82) is 0 Å². The zero-order valence-electron chi connectivity index (χ0n) is 15.7. The van der Waals surface area contributed by atoms with E-state index < -0.39 is 0 Å². The zero-order chi connectivity index (χ0) is 19.5. The largest absolute Gasteiger partial charge is 0.455 e. The zero-order valence-corrected chi connectivity index (χ0v) is 16.5. The normalized spacial score (nSPS) is 10.8. The standard InChI is InChI=1S/C23H20N2O2S/c1-15-8-7-12-18(16(15)2)24-19-10-4-3-9-17(19)23(26)27-14-22-25-20-11-5-6-13-21(20)28-22/h3-13,24H,14H2,1-2H3. The number of fused-ring (bicyclic) bond motifs is 1. The van der Waals surface area contributed by atoms with Crippen LogP contribution in [0.3, 0.4) is 0 Å². The molecule has 0 aliphatic heterocycles. The van der Waals surface area contributed by atoms with E-state index in [9.17, 15) is 4.79 Å². The molecule has 5 heteroatoms. The molecular weight excluding hydrogens is 368 g/mol. The number of aryl methyl sites for hydroxylation is 1. The number of ether oxygens (including phenoxy) is 1. The molecular formula is C23H20N2O2S. The Labute approximate surface area is 167 Å². The molecule has 0 saturated heterocycles. The van der Waals surface area contributed by atoms with E-state index in [1.54, 1.807) is 17.4 Å². The summed E-state index contributed by atoms with van der Waals surface area (Å²) >= 11 is 1.54. The number of aromatic nitrogens is 1. The molecule has 1 aromatic heterocycles. The van der Waals surface area contributed by atoms with E-state index in [-0.39, 0.29) is 12.6 Å². The van der Waals surface area contributed by atoms with Gasteiger partial charge in [0.15, 0.2) is 0 Å². The number of para-hydroxylation sites is 2. The lowest BCUT2D eigenvalue weighted by atomic mass is 10.1. The fourth-order valence-electron chi connectivity index (χ4n) is 2.99. The number of anilines is 2. The van der Waals surface area contributed by atoms with Gasteiger partial charge in [-0.3, -0.25) is 0 Å². The second kappa shape index (κ2) is 7.82. The molecule has 0 spiro atoms. The highest BCUT2D eigenvalue weighted by atomic mass is 32.1. The van der Waals surface area contributed by atoms with Gasteiger partial charge in [0.25, 0.3) is 0 Å². The first kappa shape index (κ1) is 18.2. The van der Waals surface area contributed by atoms with Crippen LogP contribution < -0.4 is 5.32 Å². The minimum Gasteiger partial charge on any atom is -0.455 e. The molecule has 1 heterocycles. The lowest BCUT2D eigenvalue weighted by molar-refractivity contribution is 0.0474. The number of thiazole rings is 1.